The number of hydrogen-bond donors (Lipinski definition) is 0. The number of rotatable bonds is 6. The van der Waals surface area contributed by atoms with Crippen LogP contribution in [0.15, 0.2) is 29.4 Å². The van der Waals surface area contributed by atoms with Crippen molar-refractivity contribution in [3.05, 3.63) is 24.3 Å². The van der Waals surface area contributed by atoms with E-state index in [9.17, 15) is 4.79 Å². The van der Waals surface area contributed by atoms with E-state index < -0.39 is 0 Å². The van der Waals surface area contributed by atoms with Crippen molar-refractivity contribution in [2.75, 3.05) is 19.5 Å². The molecule has 0 bridgehead atoms. The quantitative estimate of drug-likeness (QED) is 0.602. The largest absolute Gasteiger partial charge is 0.497 e. The molecule has 0 saturated carbocycles. The van der Waals surface area contributed by atoms with Crippen LogP contribution in [0.4, 0.5) is 0 Å². The van der Waals surface area contributed by atoms with Gasteiger partial charge in [0, 0.05) is 12.6 Å². The van der Waals surface area contributed by atoms with Crippen molar-refractivity contribution < 1.29 is 14.3 Å². The van der Waals surface area contributed by atoms with Crippen LogP contribution < -0.4 is 4.74 Å². The van der Waals surface area contributed by atoms with Crippen molar-refractivity contribution in [3.63, 3.8) is 0 Å². The molecular weight excluding hydrogens is 290 g/mol. The first-order chi connectivity index (χ1) is 10.2. The SMILES string of the molecule is CCOC(=O)CSc1nnc(-c2cccc(OC)c2)n1C. The third-order valence-corrected chi connectivity index (χ3v) is 3.78. The number of ether oxygens (including phenoxy) is 2. The lowest BCUT2D eigenvalue weighted by molar-refractivity contribution is -0.139. The van der Waals surface area contributed by atoms with Crippen molar-refractivity contribution in [2.24, 2.45) is 7.05 Å². The average molecular weight is 307 g/mol. The number of esters is 1. The molecule has 7 heteroatoms. The third kappa shape index (κ3) is 3.75. The number of carbonyl (C=O) groups excluding carboxylic acids is 1. The van der Waals surface area contributed by atoms with Gasteiger partial charge < -0.3 is 14.0 Å². The maximum atomic E-state index is 11.4. The van der Waals surface area contributed by atoms with Gasteiger partial charge in [-0.05, 0) is 19.1 Å². The standard InChI is InChI=1S/C14H17N3O3S/c1-4-20-12(18)9-21-14-16-15-13(17(14)2)10-6-5-7-11(8-10)19-3/h5-8H,4,9H2,1-3H3. The molecule has 0 fully saturated rings. The van der Waals surface area contributed by atoms with E-state index in [-0.39, 0.29) is 11.7 Å². The van der Waals surface area contributed by atoms with Crippen molar-refractivity contribution in [3.8, 4) is 17.1 Å². The molecule has 112 valence electrons. The first-order valence-electron chi connectivity index (χ1n) is 6.48. The van der Waals surface area contributed by atoms with E-state index >= 15 is 0 Å². The van der Waals surface area contributed by atoms with E-state index in [1.54, 1.807) is 14.0 Å². The molecule has 1 aromatic heterocycles. The molecule has 0 saturated heterocycles. The summed E-state index contributed by atoms with van der Waals surface area (Å²) >= 11 is 1.30. The summed E-state index contributed by atoms with van der Waals surface area (Å²) in [5.41, 5.74) is 0.910. The summed E-state index contributed by atoms with van der Waals surface area (Å²) < 4.78 is 11.9. The monoisotopic (exact) mass is 307 g/mol. The van der Waals surface area contributed by atoms with Gasteiger partial charge in [0.05, 0.1) is 19.5 Å². The van der Waals surface area contributed by atoms with E-state index in [0.29, 0.717) is 11.8 Å². The highest BCUT2D eigenvalue weighted by Gasteiger charge is 2.13. The second kappa shape index (κ2) is 7.12. The Hall–Kier alpha value is -2.02. The van der Waals surface area contributed by atoms with Gasteiger partial charge in [-0.15, -0.1) is 10.2 Å². The number of methoxy groups -OCH3 is 1. The molecule has 0 unspecified atom stereocenters. The highest BCUT2D eigenvalue weighted by Crippen LogP contribution is 2.25. The summed E-state index contributed by atoms with van der Waals surface area (Å²) in [7, 11) is 3.48. The van der Waals surface area contributed by atoms with Crippen LogP contribution in [-0.2, 0) is 16.6 Å². The summed E-state index contributed by atoms with van der Waals surface area (Å²) in [6.07, 6.45) is 0. The first-order valence-corrected chi connectivity index (χ1v) is 7.46. The van der Waals surface area contributed by atoms with Crippen LogP contribution >= 0.6 is 11.8 Å². The molecule has 1 aromatic carbocycles. The van der Waals surface area contributed by atoms with Gasteiger partial charge in [0.15, 0.2) is 11.0 Å². The third-order valence-electron chi connectivity index (χ3n) is 2.79. The molecule has 0 atom stereocenters. The summed E-state index contributed by atoms with van der Waals surface area (Å²) in [4.78, 5) is 11.4. The fourth-order valence-electron chi connectivity index (χ4n) is 1.78. The van der Waals surface area contributed by atoms with Crippen molar-refractivity contribution in [1.82, 2.24) is 14.8 Å². The molecule has 1 heterocycles. The Morgan fingerprint density at radius 3 is 2.90 bits per heavy atom. The molecule has 6 nitrogen and oxygen atoms in total. The van der Waals surface area contributed by atoms with Crippen molar-refractivity contribution >= 4 is 17.7 Å². The number of thioether (sulfide) groups is 1. The normalized spacial score (nSPS) is 10.4. The number of carbonyl (C=O) groups is 1. The molecule has 0 radical (unpaired) electrons. The number of benzene rings is 1. The van der Waals surface area contributed by atoms with Crippen LogP contribution in [0.1, 0.15) is 6.92 Å². The number of aromatic nitrogens is 3. The van der Waals surface area contributed by atoms with Gasteiger partial charge in [-0.2, -0.15) is 0 Å². The van der Waals surface area contributed by atoms with Crippen LogP contribution in [0.3, 0.4) is 0 Å². The molecule has 0 N–H and O–H groups in total. The summed E-state index contributed by atoms with van der Waals surface area (Å²) in [6.45, 7) is 2.17. The Bertz CT molecular complexity index is 628. The molecule has 0 aliphatic carbocycles. The maximum Gasteiger partial charge on any atom is 0.316 e. The Morgan fingerprint density at radius 1 is 1.38 bits per heavy atom. The molecule has 2 rings (SSSR count). The predicted molar refractivity (Wildman–Crippen MR) is 80.3 cm³/mol. The van der Waals surface area contributed by atoms with Gasteiger partial charge in [0.25, 0.3) is 0 Å². The highest BCUT2D eigenvalue weighted by atomic mass is 32.2. The van der Waals surface area contributed by atoms with Crippen LogP contribution in [-0.4, -0.2) is 40.2 Å². The zero-order chi connectivity index (χ0) is 15.2. The van der Waals surface area contributed by atoms with E-state index in [1.165, 1.54) is 11.8 Å². The minimum absolute atomic E-state index is 0.220. The first kappa shape index (κ1) is 15.4. The summed E-state index contributed by atoms with van der Waals surface area (Å²) in [5.74, 6) is 1.45. The Morgan fingerprint density at radius 2 is 2.19 bits per heavy atom. The lowest BCUT2D eigenvalue weighted by atomic mass is 10.2. The topological polar surface area (TPSA) is 66.2 Å². The van der Waals surface area contributed by atoms with E-state index in [2.05, 4.69) is 10.2 Å². The fourth-order valence-corrected chi connectivity index (χ4v) is 2.49. The van der Waals surface area contributed by atoms with Gasteiger partial charge in [0.1, 0.15) is 5.75 Å². The smallest absolute Gasteiger partial charge is 0.316 e. The Labute approximate surface area is 127 Å². The molecule has 0 aliphatic heterocycles. The van der Waals surface area contributed by atoms with Crippen LogP contribution in [0.2, 0.25) is 0 Å². The van der Waals surface area contributed by atoms with E-state index in [1.807, 2.05) is 35.9 Å². The van der Waals surface area contributed by atoms with Gasteiger partial charge in [-0.3, -0.25) is 4.79 Å². The molecule has 0 amide bonds. The predicted octanol–water partition coefficient (Wildman–Crippen LogP) is 2.15. The molecule has 0 aliphatic rings. The highest BCUT2D eigenvalue weighted by molar-refractivity contribution is 7.99. The lowest BCUT2D eigenvalue weighted by Crippen LogP contribution is -2.07. The van der Waals surface area contributed by atoms with Crippen LogP contribution in [0.25, 0.3) is 11.4 Å². The van der Waals surface area contributed by atoms with Crippen molar-refractivity contribution in [1.29, 1.82) is 0 Å². The number of hydrogen-bond acceptors (Lipinski definition) is 6. The molecule has 21 heavy (non-hydrogen) atoms. The molecule has 0 spiro atoms. The minimum Gasteiger partial charge on any atom is -0.497 e. The Kier molecular flexibility index (Phi) is 5.21. The van der Waals surface area contributed by atoms with E-state index in [0.717, 1.165) is 17.1 Å². The maximum absolute atomic E-state index is 11.4. The minimum atomic E-state index is -0.256. The summed E-state index contributed by atoms with van der Waals surface area (Å²) in [5, 5.41) is 8.94. The molecular formula is C14H17N3O3S. The van der Waals surface area contributed by atoms with Crippen LogP contribution in [0.5, 0.6) is 5.75 Å². The lowest BCUT2D eigenvalue weighted by Gasteiger charge is -2.05. The van der Waals surface area contributed by atoms with Gasteiger partial charge in [-0.1, -0.05) is 23.9 Å². The fraction of sp³-hybridized carbons (Fsp3) is 0.357. The van der Waals surface area contributed by atoms with Gasteiger partial charge in [-0.25, -0.2) is 0 Å². The van der Waals surface area contributed by atoms with Gasteiger partial charge in [0.2, 0.25) is 0 Å². The van der Waals surface area contributed by atoms with Gasteiger partial charge >= 0.3 is 5.97 Å². The molecule has 2 aromatic rings. The van der Waals surface area contributed by atoms with Crippen molar-refractivity contribution in [2.45, 2.75) is 12.1 Å². The number of nitrogens with zero attached hydrogens (tertiary/aromatic N) is 3. The zero-order valence-corrected chi connectivity index (χ0v) is 13.0. The Balaban J connectivity index is 2.14. The second-order valence-corrected chi connectivity index (χ2v) is 5.13. The average Bonchev–Trinajstić information content (AvgIpc) is 2.86. The second-order valence-electron chi connectivity index (χ2n) is 4.19. The van der Waals surface area contributed by atoms with Crippen LogP contribution in [0, 0.1) is 0 Å². The summed E-state index contributed by atoms with van der Waals surface area (Å²) in [6, 6.07) is 7.60. The van der Waals surface area contributed by atoms with E-state index in [4.69, 9.17) is 9.47 Å². The zero-order valence-electron chi connectivity index (χ0n) is 12.2.